The average Bonchev–Trinajstić information content (AvgIpc) is 3.22. The van der Waals surface area contributed by atoms with Gasteiger partial charge in [0.15, 0.2) is 0 Å². The van der Waals surface area contributed by atoms with Gasteiger partial charge in [-0.15, -0.1) is 11.3 Å². The molecular weight excluding hydrogens is 412 g/mol. The van der Waals surface area contributed by atoms with Crippen LogP contribution < -0.4 is 15.9 Å². The van der Waals surface area contributed by atoms with Gasteiger partial charge in [0.05, 0.1) is 31.2 Å². The highest BCUT2D eigenvalue weighted by molar-refractivity contribution is 7.22. The van der Waals surface area contributed by atoms with E-state index in [0.717, 1.165) is 21.8 Å². The fourth-order valence-electron chi connectivity index (χ4n) is 3.52. The highest BCUT2D eigenvalue weighted by Crippen LogP contribution is 2.31. The van der Waals surface area contributed by atoms with Crippen LogP contribution in [-0.2, 0) is 6.54 Å². The van der Waals surface area contributed by atoms with Crippen LogP contribution in [0.1, 0.15) is 11.3 Å². The molecule has 4 heterocycles. The molecule has 0 spiro atoms. The van der Waals surface area contributed by atoms with Gasteiger partial charge >= 0.3 is 0 Å². The number of methoxy groups -OCH3 is 1. The van der Waals surface area contributed by atoms with Crippen LogP contribution in [0.15, 0.2) is 70.6 Å². The van der Waals surface area contributed by atoms with E-state index in [1.54, 1.807) is 13.3 Å². The van der Waals surface area contributed by atoms with Crippen LogP contribution in [0.25, 0.3) is 26.3 Å². The lowest BCUT2D eigenvalue weighted by Crippen LogP contribution is -2.23. The third-order valence-electron chi connectivity index (χ3n) is 5.15. The Balaban J connectivity index is 1.54. The van der Waals surface area contributed by atoms with Gasteiger partial charge in [-0.25, -0.2) is 9.97 Å². The summed E-state index contributed by atoms with van der Waals surface area (Å²) in [6.45, 7) is 2.08. The molecule has 7 nitrogen and oxygen atoms in total. The predicted octanol–water partition coefficient (Wildman–Crippen LogP) is 3.50. The Bertz CT molecular complexity index is 1550. The second-order valence-corrected chi connectivity index (χ2v) is 8.25. The van der Waals surface area contributed by atoms with Crippen molar-refractivity contribution in [1.82, 2.24) is 18.9 Å². The van der Waals surface area contributed by atoms with E-state index in [2.05, 4.69) is 9.97 Å². The number of ether oxygens (including phenoxy) is 1. The van der Waals surface area contributed by atoms with Gasteiger partial charge in [0.2, 0.25) is 0 Å². The van der Waals surface area contributed by atoms with Crippen molar-refractivity contribution in [3.05, 3.63) is 93.0 Å². The smallest absolute Gasteiger partial charge is 0.271 e. The largest absolute Gasteiger partial charge is 0.497 e. The third-order valence-corrected chi connectivity index (χ3v) is 6.31. The number of rotatable bonds is 4. The van der Waals surface area contributed by atoms with Gasteiger partial charge in [-0.2, -0.15) is 0 Å². The molecule has 0 amide bonds. The normalized spacial score (nSPS) is 11.3. The minimum Gasteiger partial charge on any atom is -0.497 e. The number of hydrogen-bond acceptors (Lipinski definition) is 6. The van der Waals surface area contributed by atoms with E-state index < -0.39 is 0 Å². The summed E-state index contributed by atoms with van der Waals surface area (Å²) in [6, 6.07) is 14.8. The molecule has 0 aliphatic carbocycles. The summed E-state index contributed by atoms with van der Waals surface area (Å²) in [7, 11) is 1.63. The van der Waals surface area contributed by atoms with Gasteiger partial charge in [0.25, 0.3) is 11.1 Å². The summed E-state index contributed by atoms with van der Waals surface area (Å²) in [5.74, 6) is 0.777. The maximum atomic E-state index is 13.1. The van der Waals surface area contributed by atoms with E-state index in [0.29, 0.717) is 21.6 Å². The predicted molar refractivity (Wildman–Crippen MR) is 121 cm³/mol. The molecule has 1 aromatic carbocycles. The Kier molecular flexibility index (Phi) is 4.63. The molecule has 0 unspecified atom stereocenters. The van der Waals surface area contributed by atoms with Crippen molar-refractivity contribution in [1.29, 1.82) is 0 Å². The Labute approximate surface area is 180 Å². The summed E-state index contributed by atoms with van der Waals surface area (Å²) >= 11 is 1.40. The lowest BCUT2D eigenvalue weighted by molar-refractivity contribution is 0.415. The molecule has 154 valence electrons. The summed E-state index contributed by atoms with van der Waals surface area (Å²) in [4.78, 5) is 35.6. The molecule has 0 saturated heterocycles. The quantitative estimate of drug-likeness (QED) is 0.436. The van der Waals surface area contributed by atoms with Gasteiger partial charge in [-0.05, 0) is 54.4 Å². The SMILES string of the molecule is COc1ccc(-c2cc3ncn(Cc4cc(=O)n5cccc(C)c5n4)c(=O)c3s2)cc1. The van der Waals surface area contributed by atoms with Crippen LogP contribution in [0.2, 0.25) is 0 Å². The number of thiophene rings is 1. The first kappa shape index (κ1) is 19.2. The molecule has 0 aliphatic rings. The Morgan fingerprint density at radius 1 is 1.10 bits per heavy atom. The van der Waals surface area contributed by atoms with E-state index in [4.69, 9.17) is 4.74 Å². The number of fused-ring (bicyclic) bond motifs is 2. The van der Waals surface area contributed by atoms with Crippen LogP contribution in [-0.4, -0.2) is 26.0 Å². The van der Waals surface area contributed by atoms with Crippen molar-refractivity contribution in [2.24, 2.45) is 0 Å². The second kappa shape index (κ2) is 7.48. The minimum atomic E-state index is -0.177. The third kappa shape index (κ3) is 3.40. The number of hydrogen-bond donors (Lipinski definition) is 0. The number of aryl methyl sites for hydroxylation is 1. The minimum absolute atomic E-state index is 0.151. The van der Waals surface area contributed by atoms with E-state index in [-0.39, 0.29) is 17.7 Å². The van der Waals surface area contributed by atoms with Crippen molar-refractivity contribution in [3.8, 4) is 16.2 Å². The lowest BCUT2D eigenvalue weighted by Gasteiger charge is -2.07. The van der Waals surface area contributed by atoms with Gasteiger partial charge < -0.3 is 4.74 Å². The maximum Gasteiger partial charge on any atom is 0.271 e. The van der Waals surface area contributed by atoms with E-state index >= 15 is 0 Å². The van der Waals surface area contributed by atoms with Gasteiger partial charge in [0.1, 0.15) is 16.1 Å². The molecule has 31 heavy (non-hydrogen) atoms. The van der Waals surface area contributed by atoms with Crippen molar-refractivity contribution < 1.29 is 4.74 Å². The summed E-state index contributed by atoms with van der Waals surface area (Å²) < 4.78 is 8.77. The lowest BCUT2D eigenvalue weighted by atomic mass is 10.2. The van der Waals surface area contributed by atoms with E-state index in [1.807, 2.05) is 49.4 Å². The Morgan fingerprint density at radius 2 is 1.90 bits per heavy atom. The molecule has 0 N–H and O–H groups in total. The average molecular weight is 430 g/mol. The molecule has 0 atom stereocenters. The zero-order chi connectivity index (χ0) is 21.5. The topological polar surface area (TPSA) is 78.5 Å². The monoisotopic (exact) mass is 430 g/mol. The van der Waals surface area contributed by atoms with Crippen molar-refractivity contribution in [2.75, 3.05) is 7.11 Å². The van der Waals surface area contributed by atoms with E-state index in [9.17, 15) is 9.59 Å². The number of nitrogens with zero attached hydrogens (tertiary/aromatic N) is 4. The van der Waals surface area contributed by atoms with Crippen LogP contribution >= 0.6 is 11.3 Å². The Hall–Kier alpha value is -3.78. The number of benzene rings is 1. The first-order valence-corrected chi connectivity index (χ1v) is 10.5. The molecule has 4 aromatic heterocycles. The first-order chi connectivity index (χ1) is 15.0. The van der Waals surface area contributed by atoms with Gasteiger partial charge in [-0.3, -0.25) is 18.6 Å². The maximum absolute atomic E-state index is 13.1. The fraction of sp³-hybridized carbons (Fsp3) is 0.130. The molecule has 5 rings (SSSR count). The molecule has 0 fully saturated rings. The van der Waals surface area contributed by atoms with Gasteiger partial charge in [0, 0.05) is 17.1 Å². The number of pyridine rings is 1. The van der Waals surface area contributed by atoms with E-state index in [1.165, 1.54) is 32.7 Å². The highest BCUT2D eigenvalue weighted by Gasteiger charge is 2.12. The van der Waals surface area contributed by atoms with Crippen LogP contribution in [0.4, 0.5) is 0 Å². The van der Waals surface area contributed by atoms with Crippen LogP contribution in [0.3, 0.4) is 0 Å². The summed E-state index contributed by atoms with van der Waals surface area (Å²) in [5, 5.41) is 0. The molecule has 0 bridgehead atoms. The highest BCUT2D eigenvalue weighted by atomic mass is 32.1. The molecule has 0 aliphatic heterocycles. The molecule has 0 radical (unpaired) electrons. The van der Waals surface area contributed by atoms with Gasteiger partial charge in [-0.1, -0.05) is 6.07 Å². The summed E-state index contributed by atoms with van der Waals surface area (Å²) in [6.07, 6.45) is 3.20. The molecule has 8 heteroatoms. The fourth-order valence-corrected chi connectivity index (χ4v) is 4.58. The first-order valence-electron chi connectivity index (χ1n) is 9.65. The van der Waals surface area contributed by atoms with Crippen LogP contribution in [0.5, 0.6) is 5.75 Å². The summed E-state index contributed by atoms with van der Waals surface area (Å²) in [5.41, 5.74) is 3.32. The molecular formula is C23H18N4O3S. The molecule has 0 saturated carbocycles. The Morgan fingerprint density at radius 3 is 2.68 bits per heavy atom. The second-order valence-electron chi connectivity index (χ2n) is 7.20. The van der Waals surface area contributed by atoms with Crippen LogP contribution in [0, 0.1) is 6.92 Å². The standard InChI is InChI=1S/C23H18N4O3S/c1-14-4-3-9-27-20(28)10-16(25-22(14)27)12-26-13-24-18-11-19(31-21(18)23(26)29)15-5-7-17(30-2)8-6-15/h3-11,13H,12H2,1-2H3. The molecule has 5 aromatic rings. The van der Waals surface area contributed by atoms with Crippen molar-refractivity contribution in [3.63, 3.8) is 0 Å². The van der Waals surface area contributed by atoms with Crippen molar-refractivity contribution >= 4 is 27.2 Å². The number of aromatic nitrogens is 4. The zero-order valence-electron chi connectivity index (χ0n) is 16.9. The van der Waals surface area contributed by atoms with Crippen molar-refractivity contribution in [2.45, 2.75) is 13.5 Å². The zero-order valence-corrected chi connectivity index (χ0v) is 17.7.